The van der Waals surface area contributed by atoms with E-state index in [-0.39, 0.29) is 17.5 Å². The van der Waals surface area contributed by atoms with E-state index in [1.807, 2.05) is 26.0 Å². The van der Waals surface area contributed by atoms with Crippen molar-refractivity contribution in [2.24, 2.45) is 0 Å². The van der Waals surface area contributed by atoms with E-state index in [0.717, 1.165) is 11.1 Å². The normalized spacial score (nSPS) is 15.7. The number of rotatable bonds is 3. The van der Waals surface area contributed by atoms with Crippen molar-refractivity contribution in [2.45, 2.75) is 18.7 Å². The molecular weight excluding hydrogens is 324 g/mol. The molecule has 0 atom stereocenters. The molecule has 0 aliphatic carbocycles. The van der Waals surface area contributed by atoms with Gasteiger partial charge in [0.15, 0.2) is 0 Å². The summed E-state index contributed by atoms with van der Waals surface area (Å²) in [6.07, 6.45) is 0. The lowest BCUT2D eigenvalue weighted by molar-refractivity contribution is 0.0781. The maximum atomic E-state index is 12.7. The van der Waals surface area contributed by atoms with Crippen molar-refractivity contribution in [3.05, 3.63) is 65.2 Å². The Morgan fingerprint density at radius 1 is 0.875 bits per heavy atom. The van der Waals surface area contributed by atoms with Gasteiger partial charge >= 0.3 is 0 Å². The molecule has 0 spiro atoms. The highest BCUT2D eigenvalue weighted by molar-refractivity contribution is 7.89. The first-order chi connectivity index (χ1) is 11.4. The monoisotopic (exact) mass is 344 g/mol. The molecule has 0 aromatic heterocycles. The van der Waals surface area contributed by atoms with Gasteiger partial charge in [-0.3, -0.25) is 4.79 Å². The predicted molar refractivity (Wildman–Crippen MR) is 92.2 cm³/mol. The van der Waals surface area contributed by atoms with Gasteiger partial charge in [0.25, 0.3) is 5.91 Å². The molecule has 2 aromatic carbocycles. The molecule has 3 rings (SSSR count). The maximum absolute atomic E-state index is 12.7. The fourth-order valence-electron chi connectivity index (χ4n) is 2.66. The smallest absolute Gasteiger partial charge is 0.254 e. The van der Waals surface area contributed by atoms with Crippen LogP contribution in [0.1, 0.15) is 21.5 Å². The van der Waals surface area contributed by atoms with Crippen LogP contribution in [-0.2, 0) is 10.0 Å². The summed E-state index contributed by atoms with van der Waals surface area (Å²) in [4.78, 5) is 14.3. The van der Waals surface area contributed by atoms with Gasteiger partial charge in [0.1, 0.15) is 0 Å². The largest absolute Gasteiger partial charge is 0.323 e. The summed E-state index contributed by atoms with van der Waals surface area (Å²) in [5.74, 6) is -0.142. The third kappa shape index (κ3) is 3.20. The zero-order chi connectivity index (χ0) is 17.3. The molecule has 2 aromatic rings. The van der Waals surface area contributed by atoms with Crippen molar-refractivity contribution in [3.63, 3.8) is 0 Å². The molecule has 24 heavy (non-hydrogen) atoms. The molecule has 1 fully saturated rings. The molecule has 5 nitrogen and oxygen atoms in total. The van der Waals surface area contributed by atoms with Crippen molar-refractivity contribution in [1.29, 1.82) is 0 Å². The number of carbonyl (C=O) groups is 1. The molecule has 1 amide bonds. The number of benzene rings is 2. The average molecular weight is 344 g/mol. The van der Waals surface area contributed by atoms with E-state index in [9.17, 15) is 13.2 Å². The minimum Gasteiger partial charge on any atom is -0.323 e. The standard InChI is InChI=1S/C18H20N2O3S/c1-14-3-7-16(8-4-14)18(21)19-11-12-20(13-19)24(22,23)17-9-5-15(2)6-10-17/h3-10H,11-13H2,1-2H3. The molecule has 0 unspecified atom stereocenters. The molecule has 0 radical (unpaired) electrons. The lowest BCUT2D eigenvalue weighted by Gasteiger charge is -2.18. The Hall–Kier alpha value is -2.18. The molecule has 126 valence electrons. The highest BCUT2D eigenvalue weighted by Gasteiger charge is 2.33. The fraction of sp³-hybridized carbons (Fsp3) is 0.278. The van der Waals surface area contributed by atoms with Gasteiger partial charge in [0.05, 0.1) is 11.6 Å². The second-order valence-corrected chi connectivity index (χ2v) is 8.01. The van der Waals surface area contributed by atoms with E-state index in [1.54, 1.807) is 41.3 Å². The lowest BCUT2D eigenvalue weighted by Crippen LogP contribution is -2.34. The molecule has 0 saturated carbocycles. The predicted octanol–water partition coefficient (Wildman–Crippen LogP) is 2.41. The Morgan fingerprint density at radius 3 is 2.00 bits per heavy atom. The van der Waals surface area contributed by atoms with Crippen molar-refractivity contribution in [2.75, 3.05) is 19.8 Å². The second-order valence-electron chi connectivity index (χ2n) is 6.07. The maximum Gasteiger partial charge on any atom is 0.254 e. The van der Waals surface area contributed by atoms with E-state index in [1.165, 1.54) is 4.31 Å². The average Bonchev–Trinajstić information content (AvgIpc) is 3.06. The van der Waals surface area contributed by atoms with Crippen LogP contribution in [0.25, 0.3) is 0 Å². The minimum atomic E-state index is -3.57. The summed E-state index contributed by atoms with van der Waals surface area (Å²) < 4.78 is 26.7. The Morgan fingerprint density at radius 2 is 1.42 bits per heavy atom. The molecule has 1 aliphatic heterocycles. The van der Waals surface area contributed by atoms with Crippen LogP contribution < -0.4 is 0 Å². The Labute approximate surface area is 142 Å². The van der Waals surface area contributed by atoms with Crippen LogP contribution >= 0.6 is 0 Å². The third-order valence-electron chi connectivity index (χ3n) is 4.19. The van der Waals surface area contributed by atoms with Gasteiger partial charge in [0.2, 0.25) is 10.0 Å². The van der Waals surface area contributed by atoms with Gasteiger partial charge < -0.3 is 4.90 Å². The van der Waals surface area contributed by atoms with Crippen molar-refractivity contribution in [1.82, 2.24) is 9.21 Å². The third-order valence-corrected chi connectivity index (χ3v) is 6.04. The van der Waals surface area contributed by atoms with Gasteiger partial charge in [-0.2, -0.15) is 4.31 Å². The second kappa shape index (κ2) is 6.37. The fourth-order valence-corrected chi connectivity index (χ4v) is 4.06. The van der Waals surface area contributed by atoms with Crippen LogP contribution in [0.4, 0.5) is 0 Å². The molecule has 6 heteroatoms. The minimum absolute atomic E-state index is 0.0862. The topological polar surface area (TPSA) is 57.7 Å². The first-order valence-electron chi connectivity index (χ1n) is 7.81. The van der Waals surface area contributed by atoms with Crippen molar-refractivity contribution >= 4 is 15.9 Å². The van der Waals surface area contributed by atoms with E-state index in [4.69, 9.17) is 0 Å². The number of carbonyl (C=O) groups excluding carboxylic acids is 1. The van der Waals surface area contributed by atoms with Crippen LogP contribution in [0, 0.1) is 13.8 Å². The number of hydrogen-bond acceptors (Lipinski definition) is 3. The lowest BCUT2D eigenvalue weighted by atomic mass is 10.1. The van der Waals surface area contributed by atoms with E-state index in [2.05, 4.69) is 0 Å². The van der Waals surface area contributed by atoms with Crippen LogP contribution in [-0.4, -0.2) is 43.3 Å². The van der Waals surface area contributed by atoms with Crippen molar-refractivity contribution in [3.8, 4) is 0 Å². The summed E-state index contributed by atoms with van der Waals surface area (Å²) in [5, 5.41) is 0. The van der Waals surface area contributed by atoms with E-state index >= 15 is 0 Å². The van der Waals surface area contributed by atoms with Crippen LogP contribution in [0.3, 0.4) is 0 Å². The number of hydrogen-bond donors (Lipinski definition) is 0. The van der Waals surface area contributed by atoms with Gasteiger partial charge in [0, 0.05) is 18.7 Å². The first-order valence-corrected chi connectivity index (χ1v) is 9.25. The Balaban J connectivity index is 1.76. The molecule has 0 N–H and O–H groups in total. The Kier molecular flexibility index (Phi) is 4.43. The number of amides is 1. The highest BCUT2D eigenvalue weighted by Crippen LogP contribution is 2.21. The SMILES string of the molecule is Cc1ccc(C(=O)N2CCN(S(=O)(=O)c3ccc(C)cc3)C2)cc1. The quantitative estimate of drug-likeness (QED) is 0.859. The molecule has 1 aliphatic rings. The van der Waals surface area contributed by atoms with Crippen molar-refractivity contribution < 1.29 is 13.2 Å². The zero-order valence-corrected chi connectivity index (χ0v) is 14.6. The summed E-state index contributed by atoms with van der Waals surface area (Å²) in [7, 11) is -3.57. The summed E-state index contributed by atoms with van der Waals surface area (Å²) in [6.45, 7) is 4.67. The van der Waals surface area contributed by atoms with Gasteiger partial charge in [-0.1, -0.05) is 35.4 Å². The summed E-state index contributed by atoms with van der Waals surface area (Å²) in [5.41, 5.74) is 2.67. The van der Waals surface area contributed by atoms with Gasteiger partial charge in [-0.15, -0.1) is 0 Å². The van der Waals surface area contributed by atoms with Crippen LogP contribution in [0.15, 0.2) is 53.4 Å². The van der Waals surface area contributed by atoms with Gasteiger partial charge in [-0.25, -0.2) is 8.42 Å². The summed E-state index contributed by atoms with van der Waals surface area (Å²) >= 11 is 0. The number of aryl methyl sites for hydroxylation is 2. The molecular formula is C18H20N2O3S. The van der Waals surface area contributed by atoms with E-state index < -0.39 is 10.0 Å². The molecule has 1 heterocycles. The highest BCUT2D eigenvalue weighted by atomic mass is 32.2. The van der Waals surface area contributed by atoms with E-state index in [0.29, 0.717) is 18.7 Å². The number of nitrogens with zero attached hydrogens (tertiary/aromatic N) is 2. The van der Waals surface area contributed by atoms with Gasteiger partial charge in [-0.05, 0) is 38.1 Å². The molecule has 0 bridgehead atoms. The molecule has 1 saturated heterocycles. The zero-order valence-electron chi connectivity index (χ0n) is 13.8. The Bertz CT molecular complexity index is 843. The number of sulfonamides is 1. The first kappa shape index (κ1) is 16.7. The van der Waals surface area contributed by atoms with Crippen LogP contribution in [0.2, 0.25) is 0 Å². The van der Waals surface area contributed by atoms with Crippen LogP contribution in [0.5, 0.6) is 0 Å². The summed E-state index contributed by atoms with van der Waals surface area (Å²) in [6, 6.07) is 14.1.